The van der Waals surface area contributed by atoms with E-state index in [9.17, 15) is 10.1 Å². The van der Waals surface area contributed by atoms with Gasteiger partial charge in [-0.25, -0.2) is 0 Å². The van der Waals surface area contributed by atoms with Crippen LogP contribution in [-0.2, 0) is 12.5 Å². The molecule has 144 valence electrons. The third-order valence-electron chi connectivity index (χ3n) is 6.07. The van der Waals surface area contributed by atoms with Crippen molar-refractivity contribution in [2.75, 3.05) is 0 Å². The van der Waals surface area contributed by atoms with Crippen molar-refractivity contribution < 1.29 is 0 Å². The number of aryl methyl sites for hydroxylation is 1. The number of benzene rings is 1. The number of nitrogens with one attached hydrogen (secondary N) is 1. The topological polar surface area (TPSA) is 92.3 Å². The van der Waals surface area contributed by atoms with Crippen LogP contribution < -0.4 is 5.56 Å². The fraction of sp³-hybridized carbons (Fsp3) is 0.273. The van der Waals surface area contributed by atoms with E-state index in [2.05, 4.69) is 40.3 Å². The lowest BCUT2D eigenvalue weighted by atomic mass is 9.58. The second-order valence-corrected chi connectivity index (χ2v) is 8.01. The second-order valence-electron chi connectivity index (χ2n) is 8.01. The van der Waals surface area contributed by atoms with Gasteiger partial charge in [0.05, 0.1) is 11.0 Å². The highest BCUT2D eigenvalue weighted by atomic mass is 16.1. The molecule has 0 atom stereocenters. The van der Waals surface area contributed by atoms with Crippen molar-refractivity contribution >= 4 is 10.9 Å². The van der Waals surface area contributed by atoms with Crippen LogP contribution in [0.1, 0.15) is 36.7 Å². The quantitative estimate of drug-likeness (QED) is 0.588. The first kappa shape index (κ1) is 17.4. The van der Waals surface area contributed by atoms with Crippen LogP contribution in [-0.4, -0.2) is 24.3 Å². The molecule has 1 aromatic carbocycles. The molecule has 1 saturated carbocycles. The van der Waals surface area contributed by atoms with Gasteiger partial charge >= 0.3 is 0 Å². The summed E-state index contributed by atoms with van der Waals surface area (Å²) in [5, 5.41) is 18.3. The first-order valence-electron chi connectivity index (χ1n) is 9.62. The maximum atomic E-state index is 13.0. The van der Waals surface area contributed by atoms with Crippen molar-refractivity contribution in [2.45, 2.75) is 25.2 Å². The first-order valence-corrected chi connectivity index (χ1v) is 9.62. The van der Waals surface area contributed by atoms with Crippen LogP contribution in [0.2, 0.25) is 0 Å². The third-order valence-corrected chi connectivity index (χ3v) is 6.07. The van der Waals surface area contributed by atoms with E-state index in [0.717, 1.165) is 29.9 Å². The van der Waals surface area contributed by atoms with Crippen LogP contribution in [0.15, 0.2) is 53.8 Å². The van der Waals surface area contributed by atoms with Crippen LogP contribution in [0.3, 0.4) is 0 Å². The summed E-state index contributed by atoms with van der Waals surface area (Å²) in [7, 11) is 1.97. The number of nitriles is 1. The molecule has 1 aliphatic rings. The number of aromatic nitrogens is 5. The molecule has 1 N–H and O–H groups in total. The Kier molecular flexibility index (Phi) is 3.71. The average Bonchev–Trinajstić information content (AvgIpc) is 3.32. The lowest BCUT2D eigenvalue weighted by Gasteiger charge is -2.46. The standard InChI is InChI=1S/C22H20N6O/c1-14-9-22(10-14,21-26-25-13-27(21)2)16-4-3-5-17(8-16)28-7-6-18-15(11-23)12-24-19(18)20(28)29/h3-8,12-14,24H,9-10H2,1-2H3/t14-,22+. The Morgan fingerprint density at radius 3 is 2.83 bits per heavy atom. The zero-order valence-corrected chi connectivity index (χ0v) is 16.3. The Balaban J connectivity index is 1.65. The molecule has 29 heavy (non-hydrogen) atoms. The number of fused-ring (bicyclic) bond motifs is 1. The first-order chi connectivity index (χ1) is 14.0. The minimum atomic E-state index is -0.186. The van der Waals surface area contributed by atoms with Gasteiger partial charge < -0.3 is 9.55 Å². The minimum absolute atomic E-state index is 0.171. The Morgan fingerprint density at radius 1 is 1.31 bits per heavy atom. The Hall–Kier alpha value is -3.66. The summed E-state index contributed by atoms with van der Waals surface area (Å²) in [5.41, 5.74) is 2.49. The van der Waals surface area contributed by atoms with Gasteiger partial charge in [-0.3, -0.25) is 9.36 Å². The lowest BCUT2D eigenvalue weighted by Crippen LogP contribution is -2.43. The minimum Gasteiger partial charge on any atom is -0.355 e. The van der Waals surface area contributed by atoms with Crippen LogP contribution in [0.5, 0.6) is 0 Å². The van der Waals surface area contributed by atoms with Gasteiger partial charge in [0.2, 0.25) is 0 Å². The molecule has 0 spiro atoms. The molecular weight excluding hydrogens is 364 g/mol. The van der Waals surface area contributed by atoms with Crippen molar-refractivity contribution in [1.82, 2.24) is 24.3 Å². The van der Waals surface area contributed by atoms with E-state index in [1.165, 1.54) is 0 Å². The highest BCUT2D eigenvalue weighted by Crippen LogP contribution is 2.51. The summed E-state index contributed by atoms with van der Waals surface area (Å²) in [4.78, 5) is 16.0. The fourth-order valence-corrected chi connectivity index (χ4v) is 4.76. The van der Waals surface area contributed by atoms with Gasteiger partial charge in [0.25, 0.3) is 5.56 Å². The summed E-state index contributed by atoms with van der Waals surface area (Å²) < 4.78 is 3.61. The van der Waals surface area contributed by atoms with E-state index in [-0.39, 0.29) is 11.0 Å². The van der Waals surface area contributed by atoms with Gasteiger partial charge in [0.15, 0.2) is 0 Å². The normalized spacial score (nSPS) is 21.1. The number of hydrogen-bond donors (Lipinski definition) is 1. The average molecular weight is 384 g/mol. The third kappa shape index (κ3) is 2.46. The van der Waals surface area contributed by atoms with E-state index < -0.39 is 0 Å². The van der Waals surface area contributed by atoms with Crippen LogP contribution >= 0.6 is 0 Å². The van der Waals surface area contributed by atoms with E-state index in [0.29, 0.717) is 22.4 Å². The molecule has 0 bridgehead atoms. The van der Waals surface area contributed by atoms with E-state index in [4.69, 9.17) is 0 Å². The zero-order valence-electron chi connectivity index (χ0n) is 16.3. The highest BCUT2D eigenvalue weighted by molar-refractivity contribution is 5.84. The van der Waals surface area contributed by atoms with Crippen LogP contribution in [0.4, 0.5) is 0 Å². The molecule has 3 aromatic heterocycles. The van der Waals surface area contributed by atoms with Crippen molar-refractivity contribution in [2.24, 2.45) is 13.0 Å². The number of aromatic amines is 1. The highest BCUT2D eigenvalue weighted by Gasteiger charge is 2.48. The molecule has 1 fully saturated rings. The number of hydrogen-bond acceptors (Lipinski definition) is 4. The molecule has 0 saturated heterocycles. The van der Waals surface area contributed by atoms with Crippen molar-refractivity contribution in [3.8, 4) is 11.8 Å². The number of rotatable bonds is 3. The van der Waals surface area contributed by atoms with Gasteiger partial charge in [-0.2, -0.15) is 5.26 Å². The monoisotopic (exact) mass is 384 g/mol. The smallest absolute Gasteiger partial charge is 0.279 e. The Labute approximate surface area is 167 Å². The summed E-state index contributed by atoms with van der Waals surface area (Å²) in [6, 6.07) is 12.0. The molecular formula is C22H20N6O. The molecule has 1 aliphatic carbocycles. The van der Waals surface area contributed by atoms with E-state index >= 15 is 0 Å². The Morgan fingerprint density at radius 2 is 2.14 bits per heavy atom. The molecule has 7 nitrogen and oxygen atoms in total. The number of nitrogens with zero attached hydrogens (tertiary/aromatic N) is 5. The second kappa shape index (κ2) is 6.17. The SMILES string of the molecule is Cn1cnnc1[C@]1(c2cccc(-n3ccc4c(C#N)c[nH]c4c3=O)c2)C[C@H](C)C1. The summed E-state index contributed by atoms with van der Waals surface area (Å²) in [5.74, 6) is 1.57. The van der Waals surface area contributed by atoms with Gasteiger partial charge in [-0.1, -0.05) is 19.1 Å². The van der Waals surface area contributed by atoms with Crippen molar-refractivity contribution in [3.63, 3.8) is 0 Å². The summed E-state index contributed by atoms with van der Waals surface area (Å²) in [6.07, 6.45) is 7.04. The van der Waals surface area contributed by atoms with Gasteiger partial charge in [-0.05, 0) is 42.5 Å². The predicted molar refractivity (Wildman–Crippen MR) is 109 cm³/mol. The maximum absolute atomic E-state index is 13.0. The van der Waals surface area contributed by atoms with Crippen molar-refractivity contribution in [3.05, 3.63) is 76.4 Å². The molecule has 0 radical (unpaired) electrons. The van der Waals surface area contributed by atoms with Crippen LogP contribution in [0, 0.1) is 17.2 Å². The zero-order chi connectivity index (χ0) is 20.2. The molecule has 5 rings (SSSR count). The maximum Gasteiger partial charge on any atom is 0.279 e. The van der Waals surface area contributed by atoms with Gasteiger partial charge in [-0.15, -0.1) is 10.2 Å². The molecule has 0 unspecified atom stereocenters. The van der Waals surface area contributed by atoms with E-state index in [1.807, 2.05) is 29.8 Å². The largest absolute Gasteiger partial charge is 0.355 e. The summed E-state index contributed by atoms with van der Waals surface area (Å²) >= 11 is 0. The molecule has 7 heteroatoms. The van der Waals surface area contributed by atoms with Gasteiger partial charge in [0, 0.05) is 30.5 Å². The summed E-state index contributed by atoms with van der Waals surface area (Å²) in [6.45, 7) is 2.24. The van der Waals surface area contributed by atoms with Crippen molar-refractivity contribution in [1.29, 1.82) is 5.26 Å². The molecule has 0 aliphatic heterocycles. The van der Waals surface area contributed by atoms with Crippen LogP contribution in [0.25, 0.3) is 16.6 Å². The fourth-order valence-electron chi connectivity index (χ4n) is 4.76. The Bertz CT molecular complexity index is 1330. The van der Waals surface area contributed by atoms with Gasteiger partial charge in [0.1, 0.15) is 23.7 Å². The lowest BCUT2D eigenvalue weighted by molar-refractivity contribution is 0.185. The number of H-pyrrole nitrogens is 1. The molecule has 0 amide bonds. The number of pyridine rings is 1. The predicted octanol–water partition coefficient (Wildman–Crippen LogP) is 3.03. The van der Waals surface area contributed by atoms with E-state index in [1.54, 1.807) is 23.3 Å². The molecule has 4 aromatic rings. The molecule has 3 heterocycles.